The Morgan fingerprint density at radius 3 is 2.33 bits per heavy atom. The van der Waals surface area contributed by atoms with Gasteiger partial charge in [-0.05, 0) is 31.1 Å². The lowest BCUT2D eigenvalue weighted by molar-refractivity contribution is -0.149. The number of thioether (sulfide) groups is 2. The Morgan fingerprint density at radius 1 is 1.10 bits per heavy atom. The van der Waals surface area contributed by atoms with Crippen molar-refractivity contribution in [1.29, 1.82) is 0 Å². The second kappa shape index (κ2) is 9.95. The van der Waals surface area contributed by atoms with Crippen molar-refractivity contribution >= 4 is 35.5 Å². The summed E-state index contributed by atoms with van der Waals surface area (Å²) in [5.74, 6) is -1.20. The molecule has 0 unspecified atom stereocenters. The lowest BCUT2D eigenvalue weighted by atomic mass is 10.2. The van der Waals surface area contributed by atoms with Crippen molar-refractivity contribution < 1.29 is 19.1 Å². The van der Waals surface area contributed by atoms with Crippen molar-refractivity contribution in [2.75, 3.05) is 6.61 Å². The number of esters is 2. The third-order valence-electron chi connectivity index (χ3n) is 2.59. The van der Waals surface area contributed by atoms with Crippen LogP contribution in [0, 0.1) is 0 Å². The topological polar surface area (TPSA) is 52.6 Å². The molecule has 6 heteroatoms. The van der Waals surface area contributed by atoms with Crippen molar-refractivity contribution in [2.24, 2.45) is 0 Å². The maximum absolute atomic E-state index is 12.2. The Labute approximate surface area is 134 Å². The molecule has 1 rings (SSSR count). The summed E-state index contributed by atoms with van der Waals surface area (Å²) in [5, 5.41) is 3.66. The van der Waals surface area contributed by atoms with Gasteiger partial charge in [-0.15, -0.1) is 0 Å². The summed E-state index contributed by atoms with van der Waals surface area (Å²) in [6, 6.07) is 0. The summed E-state index contributed by atoms with van der Waals surface area (Å²) < 4.78 is 11.0. The Hall–Kier alpha value is -0.880. The number of hydrogen-bond acceptors (Lipinski definition) is 6. The van der Waals surface area contributed by atoms with Gasteiger partial charge in [-0.3, -0.25) is 0 Å². The highest BCUT2D eigenvalue weighted by molar-refractivity contribution is 8.27. The summed E-state index contributed by atoms with van der Waals surface area (Å²) in [6.07, 6.45) is 3.83. The van der Waals surface area contributed by atoms with E-state index < -0.39 is 11.9 Å². The molecule has 0 N–H and O–H groups in total. The molecule has 1 heterocycles. The van der Waals surface area contributed by atoms with Crippen LogP contribution in [-0.2, 0) is 19.1 Å². The van der Waals surface area contributed by atoms with Crippen LogP contribution >= 0.6 is 23.5 Å². The average Bonchev–Trinajstić information content (AvgIpc) is 2.91. The van der Waals surface area contributed by atoms with E-state index in [0.29, 0.717) is 10.8 Å². The molecule has 4 nitrogen and oxygen atoms in total. The molecule has 0 radical (unpaired) electrons. The third-order valence-corrected chi connectivity index (χ3v) is 4.72. The molecule has 21 heavy (non-hydrogen) atoms. The molecule has 0 bridgehead atoms. The molecule has 1 aliphatic rings. The van der Waals surface area contributed by atoms with E-state index in [9.17, 15) is 9.59 Å². The molecule has 0 atom stereocenters. The Kier molecular flexibility index (Phi) is 8.61. The number of carbonyl (C=O) groups is 2. The van der Waals surface area contributed by atoms with Crippen molar-refractivity contribution in [3.8, 4) is 0 Å². The number of carbonyl (C=O) groups excluding carboxylic acids is 2. The van der Waals surface area contributed by atoms with Crippen LogP contribution in [0.5, 0.6) is 0 Å². The predicted octanol–water partition coefficient (Wildman–Crippen LogP) is 4.22. The van der Waals surface area contributed by atoms with E-state index in [0.717, 1.165) is 25.7 Å². The van der Waals surface area contributed by atoms with Gasteiger partial charge in [0.05, 0.1) is 16.9 Å². The molecule has 0 aromatic rings. The number of ether oxygens (including phenoxy) is 2. The Bertz CT molecular complexity index is 417. The van der Waals surface area contributed by atoms with Gasteiger partial charge in [0.2, 0.25) is 0 Å². The molecule has 1 aliphatic heterocycles. The Balaban J connectivity index is 2.62. The molecular formula is C15H22O4S2. The molecular weight excluding hydrogens is 308 g/mol. The molecule has 0 aromatic heterocycles. The second-order valence-electron chi connectivity index (χ2n) is 4.82. The minimum absolute atomic E-state index is 0.0131. The first-order valence-electron chi connectivity index (χ1n) is 7.17. The molecule has 0 spiro atoms. The molecule has 0 saturated carbocycles. The number of rotatable bonds is 8. The van der Waals surface area contributed by atoms with E-state index in [-0.39, 0.29) is 11.7 Å². The summed E-state index contributed by atoms with van der Waals surface area (Å²) in [5.41, 5.74) is 0.0131. The highest BCUT2D eigenvalue weighted by Gasteiger charge is 2.28. The monoisotopic (exact) mass is 330 g/mol. The summed E-state index contributed by atoms with van der Waals surface area (Å²) in [6.45, 7) is 5.97. The van der Waals surface area contributed by atoms with E-state index in [1.807, 2.05) is 10.8 Å². The van der Waals surface area contributed by atoms with Crippen molar-refractivity contribution in [1.82, 2.24) is 0 Å². The molecule has 0 aromatic carbocycles. The van der Waals surface area contributed by atoms with Crippen LogP contribution in [0.2, 0.25) is 0 Å². The maximum atomic E-state index is 12.2. The average molecular weight is 330 g/mol. The third kappa shape index (κ3) is 6.61. The lowest BCUT2D eigenvalue weighted by Gasteiger charge is -2.12. The van der Waals surface area contributed by atoms with Crippen LogP contribution in [0.1, 0.15) is 46.5 Å². The van der Waals surface area contributed by atoms with Gasteiger partial charge < -0.3 is 9.47 Å². The van der Waals surface area contributed by atoms with E-state index in [1.165, 1.54) is 23.5 Å². The zero-order chi connectivity index (χ0) is 15.7. The maximum Gasteiger partial charge on any atom is 0.347 e. The van der Waals surface area contributed by atoms with Gasteiger partial charge in [0.25, 0.3) is 0 Å². The SMILES string of the molecule is CCCCCCOC(=O)C(C(=O)OC(C)C)=C1SC=CS1. The van der Waals surface area contributed by atoms with Gasteiger partial charge in [-0.2, -0.15) is 0 Å². The first kappa shape index (κ1) is 18.2. The zero-order valence-electron chi connectivity index (χ0n) is 12.7. The minimum atomic E-state index is -0.609. The minimum Gasteiger partial charge on any atom is -0.462 e. The van der Waals surface area contributed by atoms with Crippen LogP contribution < -0.4 is 0 Å². The number of hydrogen-bond donors (Lipinski definition) is 0. The fourth-order valence-electron chi connectivity index (χ4n) is 1.61. The van der Waals surface area contributed by atoms with Gasteiger partial charge in [0.1, 0.15) is 0 Å². The van der Waals surface area contributed by atoms with Crippen molar-refractivity contribution in [2.45, 2.75) is 52.6 Å². The molecule has 0 aliphatic carbocycles. The summed E-state index contributed by atoms with van der Waals surface area (Å²) in [4.78, 5) is 24.2. The standard InChI is InChI=1S/C15H22O4S2/c1-4-5-6-7-8-18-13(16)12(14(17)19-11(2)3)15-20-9-10-21-15/h9-11H,4-8H2,1-3H3. The first-order valence-corrected chi connectivity index (χ1v) is 8.92. The normalized spacial score (nSPS) is 13.6. The van der Waals surface area contributed by atoms with Crippen LogP contribution in [0.4, 0.5) is 0 Å². The highest BCUT2D eigenvalue weighted by Crippen LogP contribution is 2.40. The van der Waals surface area contributed by atoms with Gasteiger partial charge >= 0.3 is 11.9 Å². The lowest BCUT2D eigenvalue weighted by Crippen LogP contribution is -2.22. The summed E-state index contributed by atoms with van der Waals surface area (Å²) >= 11 is 2.68. The Morgan fingerprint density at radius 2 is 1.76 bits per heavy atom. The summed E-state index contributed by atoms with van der Waals surface area (Å²) in [7, 11) is 0. The van der Waals surface area contributed by atoms with Gasteiger partial charge in [0.15, 0.2) is 5.57 Å². The fourth-order valence-corrected chi connectivity index (χ4v) is 3.43. The predicted molar refractivity (Wildman–Crippen MR) is 87.7 cm³/mol. The van der Waals surface area contributed by atoms with Gasteiger partial charge in [-0.1, -0.05) is 49.7 Å². The highest BCUT2D eigenvalue weighted by atomic mass is 32.2. The smallest absolute Gasteiger partial charge is 0.347 e. The molecule has 118 valence electrons. The number of unbranched alkanes of at least 4 members (excludes halogenated alkanes) is 3. The quantitative estimate of drug-likeness (QED) is 0.218. The van der Waals surface area contributed by atoms with Crippen LogP contribution in [0.3, 0.4) is 0 Å². The first-order chi connectivity index (χ1) is 10.1. The largest absolute Gasteiger partial charge is 0.462 e. The molecule has 0 saturated heterocycles. The zero-order valence-corrected chi connectivity index (χ0v) is 14.4. The van der Waals surface area contributed by atoms with E-state index >= 15 is 0 Å². The fraction of sp³-hybridized carbons (Fsp3) is 0.600. The van der Waals surface area contributed by atoms with E-state index in [1.54, 1.807) is 13.8 Å². The van der Waals surface area contributed by atoms with E-state index in [4.69, 9.17) is 9.47 Å². The molecule has 0 amide bonds. The van der Waals surface area contributed by atoms with E-state index in [2.05, 4.69) is 6.92 Å². The van der Waals surface area contributed by atoms with Crippen molar-refractivity contribution in [3.05, 3.63) is 20.6 Å². The second-order valence-corrected chi connectivity index (χ2v) is 6.91. The van der Waals surface area contributed by atoms with Crippen LogP contribution in [0.25, 0.3) is 0 Å². The van der Waals surface area contributed by atoms with Gasteiger partial charge in [-0.25, -0.2) is 9.59 Å². The van der Waals surface area contributed by atoms with Crippen LogP contribution in [-0.4, -0.2) is 24.6 Å². The van der Waals surface area contributed by atoms with Gasteiger partial charge in [0, 0.05) is 0 Å². The van der Waals surface area contributed by atoms with Crippen LogP contribution in [0.15, 0.2) is 20.6 Å². The molecule has 0 fully saturated rings. The van der Waals surface area contributed by atoms with Crippen molar-refractivity contribution in [3.63, 3.8) is 0 Å².